The highest BCUT2D eigenvalue weighted by Gasteiger charge is 2.15. The maximum Gasteiger partial charge on any atom is 0.251 e. The van der Waals surface area contributed by atoms with E-state index in [0.29, 0.717) is 16.9 Å². The topological polar surface area (TPSA) is 95.1 Å². The van der Waals surface area contributed by atoms with Gasteiger partial charge in [-0.25, -0.2) is 0 Å². The minimum absolute atomic E-state index is 0.149. The van der Waals surface area contributed by atoms with E-state index >= 15 is 0 Å². The summed E-state index contributed by atoms with van der Waals surface area (Å²) in [6, 6.07) is 17.4. The van der Waals surface area contributed by atoms with E-state index in [0.717, 1.165) is 11.0 Å². The van der Waals surface area contributed by atoms with E-state index in [1.165, 1.54) is 0 Å². The number of furan rings is 1. The van der Waals surface area contributed by atoms with Crippen molar-refractivity contribution in [3.8, 4) is 6.07 Å². The number of carbonyl (C=O) groups is 2. The normalized spacial score (nSPS) is 11.5. The fourth-order valence-electron chi connectivity index (χ4n) is 2.54. The predicted molar refractivity (Wildman–Crippen MR) is 96.3 cm³/mol. The molecule has 26 heavy (non-hydrogen) atoms. The van der Waals surface area contributed by atoms with E-state index in [2.05, 4.69) is 10.6 Å². The zero-order valence-electron chi connectivity index (χ0n) is 14.2. The van der Waals surface area contributed by atoms with Crippen LogP contribution in [-0.2, 0) is 4.79 Å². The average molecular weight is 347 g/mol. The van der Waals surface area contributed by atoms with E-state index in [4.69, 9.17) is 9.68 Å². The van der Waals surface area contributed by atoms with Crippen LogP contribution in [0.3, 0.4) is 0 Å². The Balaban J connectivity index is 1.54. The smallest absolute Gasteiger partial charge is 0.251 e. The molecule has 1 atom stereocenters. The Labute approximate surface area is 150 Å². The molecule has 0 spiro atoms. The Hall–Kier alpha value is -3.59. The highest BCUT2D eigenvalue weighted by Crippen LogP contribution is 2.23. The van der Waals surface area contributed by atoms with Crippen molar-refractivity contribution in [1.29, 1.82) is 5.26 Å². The van der Waals surface area contributed by atoms with Crippen LogP contribution < -0.4 is 10.6 Å². The van der Waals surface area contributed by atoms with Crippen molar-refractivity contribution in [1.82, 2.24) is 10.6 Å². The summed E-state index contributed by atoms with van der Waals surface area (Å²) in [7, 11) is 0. The molecule has 0 saturated carbocycles. The van der Waals surface area contributed by atoms with Gasteiger partial charge in [0, 0.05) is 10.9 Å². The lowest BCUT2D eigenvalue weighted by Gasteiger charge is -2.12. The number of benzene rings is 2. The molecule has 3 rings (SSSR count). The van der Waals surface area contributed by atoms with Crippen LogP contribution in [0.5, 0.6) is 0 Å². The van der Waals surface area contributed by atoms with Crippen molar-refractivity contribution in [3.63, 3.8) is 0 Å². The number of hydrogen-bond donors (Lipinski definition) is 2. The van der Waals surface area contributed by atoms with Crippen LogP contribution in [0.2, 0.25) is 0 Å². The number of hydrogen-bond acceptors (Lipinski definition) is 4. The van der Waals surface area contributed by atoms with Crippen LogP contribution in [0, 0.1) is 11.3 Å². The first-order chi connectivity index (χ1) is 12.6. The molecule has 0 saturated heterocycles. The van der Waals surface area contributed by atoms with E-state index in [1.54, 1.807) is 24.3 Å². The molecule has 2 aromatic carbocycles. The van der Waals surface area contributed by atoms with Crippen molar-refractivity contribution < 1.29 is 14.0 Å². The van der Waals surface area contributed by atoms with Crippen LogP contribution in [0.25, 0.3) is 11.0 Å². The molecule has 130 valence electrons. The minimum atomic E-state index is -0.374. The fourth-order valence-corrected chi connectivity index (χ4v) is 2.54. The standard InChI is InChI=1S/C20H17N3O3/c1-13(18-10-16-4-2-3-5-17(16)26-18)23-19(24)12-22-20(25)15-8-6-14(11-21)7-9-15/h2-10,13H,12H2,1H3,(H,22,25)(H,23,24)/t13-/m1/s1. The number of rotatable bonds is 5. The van der Waals surface area contributed by atoms with E-state index in [9.17, 15) is 9.59 Å². The maximum atomic E-state index is 12.1. The van der Waals surface area contributed by atoms with Gasteiger partial charge in [0.2, 0.25) is 5.91 Å². The summed E-state index contributed by atoms with van der Waals surface area (Å²) in [5.74, 6) is -0.0426. The second kappa shape index (κ2) is 7.53. The third-order valence-corrected chi connectivity index (χ3v) is 3.93. The van der Waals surface area contributed by atoms with Gasteiger partial charge in [0.05, 0.1) is 24.2 Å². The van der Waals surface area contributed by atoms with Gasteiger partial charge in [-0.3, -0.25) is 9.59 Å². The Morgan fingerprint density at radius 3 is 2.58 bits per heavy atom. The third-order valence-electron chi connectivity index (χ3n) is 3.93. The highest BCUT2D eigenvalue weighted by molar-refractivity contribution is 5.96. The molecule has 1 aromatic heterocycles. The van der Waals surface area contributed by atoms with Gasteiger partial charge >= 0.3 is 0 Å². The molecular weight excluding hydrogens is 330 g/mol. The molecule has 0 fully saturated rings. The molecular formula is C20H17N3O3. The summed E-state index contributed by atoms with van der Waals surface area (Å²) in [5.41, 5.74) is 1.62. The van der Waals surface area contributed by atoms with E-state index < -0.39 is 0 Å². The molecule has 0 aliphatic heterocycles. The first-order valence-electron chi connectivity index (χ1n) is 8.13. The first kappa shape index (κ1) is 17.2. The molecule has 0 radical (unpaired) electrons. The summed E-state index contributed by atoms with van der Waals surface area (Å²) in [5, 5.41) is 15.1. The molecule has 2 amide bonds. The second-order valence-electron chi connectivity index (χ2n) is 5.85. The van der Waals surface area contributed by atoms with Crippen LogP contribution in [0.15, 0.2) is 59.0 Å². The maximum absolute atomic E-state index is 12.1. The van der Waals surface area contributed by atoms with E-state index in [1.807, 2.05) is 43.3 Å². The van der Waals surface area contributed by atoms with Gasteiger partial charge in [0.1, 0.15) is 11.3 Å². The van der Waals surface area contributed by atoms with E-state index in [-0.39, 0.29) is 24.4 Å². The third kappa shape index (κ3) is 3.90. The fraction of sp³-hybridized carbons (Fsp3) is 0.150. The van der Waals surface area contributed by atoms with Gasteiger partial charge in [-0.1, -0.05) is 18.2 Å². The van der Waals surface area contributed by atoms with Crippen LogP contribution in [0.4, 0.5) is 0 Å². The lowest BCUT2D eigenvalue weighted by molar-refractivity contribution is -0.120. The molecule has 0 unspecified atom stereocenters. The highest BCUT2D eigenvalue weighted by atomic mass is 16.3. The Kier molecular flexibility index (Phi) is 4.99. The van der Waals surface area contributed by atoms with Crippen LogP contribution in [-0.4, -0.2) is 18.4 Å². The average Bonchev–Trinajstić information content (AvgIpc) is 3.10. The SMILES string of the molecule is C[C@@H](NC(=O)CNC(=O)c1ccc(C#N)cc1)c1cc2ccccc2o1. The number of nitrogens with zero attached hydrogens (tertiary/aromatic N) is 1. The zero-order valence-corrected chi connectivity index (χ0v) is 14.2. The molecule has 2 N–H and O–H groups in total. The van der Waals surface area contributed by atoms with Crippen molar-refractivity contribution in [3.05, 3.63) is 71.5 Å². The van der Waals surface area contributed by atoms with Crippen molar-refractivity contribution in [2.45, 2.75) is 13.0 Å². The summed E-state index contributed by atoms with van der Waals surface area (Å²) < 4.78 is 5.72. The van der Waals surface area contributed by atoms with Crippen molar-refractivity contribution in [2.75, 3.05) is 6.54 Å². The van der Waals surface area contributed by atoms with Gasteiger partial charge in [0.15, 0.2) is 0 Å². The molecule has 0 aliphatic rings. The molecule has 6 heteroatoms. The quantitative estimate of drug-likeness (QED) is 0.742. The number of fused-ring (bicyclic) bond motifs is 1. The number of nitrogens with one attached hydrogen (secondary N) is 2. The summed E-state index contributed by atoms with van der Waals surface area (Å²) in [4.78, 5) is 24.1. The van der Waals surface area contributed by atoms with Gasteiger partial charge in [-0.05, 0) is 43.3 Å². The molecule has 0 bridgehead atoms. The Bertz CT molecular complexity index is 950. The van der Waals surface area contributed by atoms with Gasteiger partial charge in [-0.2, -0.15) is 5.26 Å². The monoisotopic (exact) mass is 347 g/mol. The second-order valence-corrected chi connectivity index (χ2v) is 5.85. The lowest BCUT2D eigenvalue weighted by Crippen LogP contribution is -2.37. The van der Waals surface area contributed by atoms with Gasteiger partial charge < -0.3 is 15.1 Å². The van der Waals surface area contributed by atoms with Crippen LogP contribution >= 0.6 is 0 Å². The number of carbonyl (C=O) groups excluding carboxylic acids is 2. The predicted octanol–water partition coefficient (Wildman–Crippen LogP) is 2.91. The Morgan fingerprint density at radius 1 is 1.15 bits per heavy atom. The van der Waals surface area contributed by atoms with Gasteiger partial charge in [-0.15, -0.1) is 0 Å². The minimum Gasteiger partial charge on any atom is -0.459 e. The molecule has 0 aliphatic carbocycles. The zero-order chi connectivity index (χ0) is 18.5. The summed E-state index contributed by atoms with van der Waals surface area (Å²) >= 11 is 0. The number of amides is 2. The molecule has 1 heterocycles. The summed E-state index contributed by atoms with van der Waals surface area (Å²) in [6.45, 7) is 1.67. The first-order valence-corrected chi connectivity index (χ1v) is 8.13. The molecule has 3 aromatic rings. The summed E-state index contributed by atoms with van der Waals surface area (Å²) in [6.07, 6.45) is 0. The Morgan fingerprint density at radius 2 is 1.88 bits per heavy atom. The largest absolute Gasteiger partial charge is 0.459 e. The van der Waals surface area contributed by atoms with Gasteiger partial charge in [0.25, 0.3) is 5.91 Å². The lowest BCUT2D eigenvalue weighted by atomic mass is 10.1. The van der Waals surface area contributed by atoms with Crippen LogP contribution in [0.1, 0.15) is 34.6 Å². The molecule has 6 nitrogen and oxygen atoms in total. The number of nitriles is 1. The van der Waals surface area contributed by atoms with Crippen molar-refractivity contribution >= 4 is 22.8 Å². The van der Waals surface area contributed by atoms with Crippen molar-refractivity contribution in [2.24, 2.45) is 0 Å². The number of para-hydroxylation sites is 1.